The van der Waals surface area contributed by atoms with E-state index in [0.29, 0.717) is 26.1 Å². The van der Waals surface area contributed by atoms with Gasteiger partial charge in [0.25, 0.3) is 0 Å². The summed E-state index contributed by atoms with van der Waals surface area (Å²) in [6.45, 7) is 17.4. The largest absolute Gasteiger partial charge is 0.467 e. The van der Waals surface area contributed by atoms with Gasteiger partial charge in [0, 0.05) is 13.2 Å². The van der Waals surface area contributed by atoms with Crippen LogP contribution in [0.5, 0.6) is 0 Å². The third-order valence-corrected chi connectivity index (χ3v) is 3.08. The zero-order valence-electron chi connectivity index (χ0n) is 16.0. The second-order valence-electron chi connectivity index (χ2n) is 5.10. The first kappa shape index (κ1) is 25.2. The van der Waals surface area contributed by atoms with Crippen LogP contribution in [-0.4, -0.2) is 45.0 Å². The zero-order chi connectivity index (χ0) is 19.7. The van der Waals surface area contributed by atoms with Gasteiger partial charge in [-0.25, -0.2) is 9.59 Å². The van der Waals surface area contributed by atoms with Crippen LogP contribution in [0.2, 0.25) is 0 Å². The second-order valence-corrected chi connectivity index (χ2v) is 5.10. The molecule has 6 heteroatoms. The number of amides is 1. The summed E-state index contributed by atoms with van der Waals surface area (Å²) in [6.07, 6.45) is 4.06. The van der Waals surface area contributed by atoms with Gasteiger partial charge in [-0.05, 0) is 31.3 Å². The van der Waals surface area contributed by atoms with Crippen molar-refractivity contribution in [1.29, 1.82) is 0 Å². The van der Waals surface area contributed by atoms with E-state index in [-0.39, 0.29) is 12.5 Å². The Morgan fingerprint density at radius 3 is 2.16 bits per heavy atom. The lowest BCUT2D eigenvalue weighted by Gasteiger charge is -2.28. The fourth-order valence-electron chi connectivity index (χ4n) is 1.90. The summed E-state index contributed by atoms with van der Waals surface area (Å²) >= 11 is 0. The van der Waals surface area contributed by atoms with E-state index >= 15 is 0 Å². The summed E-state index contributed by atoms with van der Waals surface area (Å²) in [5.41, 5.74) is 0.732. The molecule has 1 fully saturated rings. The predicted octanol–water partition coefficient (Wildman–Crippen LogP) is 3.64. The number of methoxy groups -OCH3 is 1. The van der Waals surface area contributed by atoms with Gasteiger partial charge >= 0.3 is 12.1 Å². The Labute approximate surface area is 151 Å². The molecule has 1 amide bonds. The van der Waals surface area contributed by atoms with E-state index in [1.165, 1.54) is 7.11 Å². The molecule has 1 rings (SSSR count). The first-order chi connectivity index (χ1) is 12.0. The molecule has 0 spiro atoms. The van der Waals surface area contributed by atoms with Crippen LogP contribution in [0.3, 0.4) is 0 Å². The molecule has 1 heterocycles. The molecule has 0 radical (unpaired) electrons. The third kappa shape index (κ3) is 12.9. The van der Waals surface area contributed by atoms with Crippen molar-refractivity contribution < 1.29 is 23.8 Å². The summed E-state index contributed by atoms with van der Waals surface area (Å²) in [4.78, 5) is 23.3. The highest BCUT2D eigenvalue weighted by atomic mass is 16.6. The topological polar surface area (TPSA) is 73.9 Å². The molecule has 0 aromatic rings. The van der Waals surface area contributed by atoms with E-state index in [9.17, 15) is 9.59 Å². The van der Waals surface area contributed by atoms with Crippen LogP contribution in [0.25, 0.3) is 0 Å². The Kier molecular flexibility index (Phi) is 16.9. The molecule has 1 N–H and O–H groups in total. The molecule has 0 saturated carbocycles. The lowest BCUT2D eigenvalue weighted by atomic mass is 9.92. The van der Waals surface area contributed by atoms with Crippen LogP contribution in [0, 0.1) is 5.92 Å². The number of ether oxygens (including phenoxy) is 3. The van der Waals surface area contributed by atoms with E-state index in [4.69, 9.17) is 14.2 Å². The summed E-state index contributed by atoms with van der Waals surface area (Å²) in [6, 6.07) is -0.688. The second kappa shape index (κ2) is 16.8. The maximum absolute atomic E-state index is 11.7. The number of nitrogens with one attached hydrogen (secondary N) is 1. The Hall–Kier alpha value is -2.08. The first-order valence-corrected chi connectivity index (χ1v) is 8.42. The zero-order valence-corrected chi connectivity index (χ0v) is 16.0. The molecule has 1 atom stereocenters. The molecule has 1 saturated heterocycles. The van der Waals surface area contributed by atoms with Crippen molar-refractivity contribution in [1.82, 2.24) is 5.32 Å². The third-order valence-electron chi connectivity index (χ3n) is 3.08. The van der Waals surface area contributed by atoms with Gasteiger partial charge in [0.05, 0.1) is 7.11 Å². The van der Waals surface area contributed by atoms with Gasteiger partial charge in [0.15, 0.2) is 0 Å². The van der Waals surface area contributed by atoms with Crippen LogP contribution in [0.15, 0.2) is 37.5 Å². The van der Waals surface area contributed by atoms with Crippen LogP contribution < -0.4 is 5.32 Å². The molecule has 1 unspecified atom stereocenters. The minimum absolute atomic E-state index is 0.0126. The molecule has 0 aromatic heterocycles. The molecular formula is C19H33NO5. The van der Waals surface area contributed by atoms with E-state index in [2.05, 4.69) is 25.1 Å². The van der Waals surface area contributed by atoms with Gasteiger partial charge < -0.3 is 19.5 Å². The minimum atomic E-state index is -0.688. The lowest BCUT2D eigenvalue weighted by Crippen LogP contribution is -2.48. The van der Waals surface area contributed by atoms with E-state index < -0.39 is 18.1 Å². The smallest absolute Gasteiger partial charge is 0.408 e. The van der Waals surface area contributed by atoms with E-state index in [1.807, 2.05) is 13.8 Å². The average Bonchev–Trinajstić information content (AvgIpc) is 2.66. The fourth-order valence-corrected chi connectivity index (χ4v) is 1.90. The number of hydrogen-bond acceptors (Lipinski definition) is 5. The van der Waals surface area contributed by atoms with Crippen molar-refractivity contribution in [3.8, 4) is 0 Å². The van der Waals surface area contributed by atoms with Crippen molar-refractivity contribution in [2.24, 2.45) is 5.92 Å². The van der Waals surface area contributed by atoms with Crippen LogP contribution in [0.4, 0.5) is 4.79 Å². The number of allylic oxidation sites excluding steroid dienone is 2. The number of hydrogen-bond donors (Lipinski definition) is 1. The standard InChI is InChI=1S/C13H21NO5.C4H6.C2H6/c1-9(2)8-19-13(16)14-11(12(15)17-3)10-4-6-18-7-5-10;1-3-4-2;1-2/h10-11H,1,4-8H2,2-3H3,(H,14,16);3-4H,1-2H2;1-2H3. The van der Waals surface area contributed by atoms with Crippen LogP contribution >= 0.6 is 0 Å². The van der Waals surface area contributed by atoms with Crippen molar-refractivity contribution in [3.63, 3.8) is 0 Å². The maximum atomic E-state index is 11.7. The summed E-state index contributed by atoms with van der Waals surface area (Å²) in [7, 11) is 1.30. The normalized spacial score (nSPS) is 14.2. The number of carbonyl (C=O) groups is 2. The Balaban J connectivity index is 0. The maximum Gasteiger partial charge on any atom is 0.408 e. The highest BCUT2D eigenvalue weighted by Gasteiger charge is 2.32. The van der Waals surface area contributed by atoms with E-state index in [1.54, 1.807) is 19.1 Å². The molecule has 0 aliphatic carbocycles. The summed E-state index contributed by atoms with van der Waals surface area (Å²) < 4.78 is 14.9. The van der Waals surface area contributed by atoms with Crippen molar-refractivity contribution in [2.75, 3.05) is 26.9 Å². The molecule has 1 aliphatic heterocycles. The van der Waals surface area contributed by atoms with Crippen LogP contribution in [-0.2, 0) is 19.0 Å². The molecular weight excluding hydrogens is 322 g/mol. The number of esters is 1. The predicted molar refractivity (Wildman–Crippen MR) is 100 cm³/mol. The van der Waals surface area contributed by atoms with Crippen molar-refractivity contribution in [3.05, 3.63) is 37.5 Å². The van der Waals surface area contributed by atoms with Gasteiger partial charge in [-0.15, -0.1) is 0 Å². The molecule has 0 aromatic carbocycles. The SMILES string of the molecule is C=C(C)COC(=O)NC(C(=O)OC)C1CCOCC1.C=CC=C.CC. The molecule has 6 nitrogen and oxygen atoms in total. The first-order valence-electron chi connectivity index (χ1n) is 8.42. The van der Waals surface area contributed by atoms with Gasteiger partial charge in [-0.3, -0.25) is 0 Å². The molecule has 0 bridgehead atoms. The number of rotatable bonds is 6. The van der Waals surface area contributed by atoms with Gasteiger partial charge in [0.1, 0.15) is 12.6 Å². The van der Waals surface area contributed by atoms with Gasteiger partial charge in [-0.1, -0.05) is 45.7 Å². The fraction of sp³-hybridized carbons (Fsp3) is 0.579. The molecule has 25 heavy (non-hydrogen) atoms. The number of carbonyl (C=O) groups excluding carboxylic acids is 2. The molecule has 144 valence electrons. The lowest BCUT2D eigenvalue weighted by molar-refractivity contribution is -0.145. The average molecular weight is 355 g/mol. The van der Waals surface area contributed by atoms with Crippen molar-refractivity contribution in [2.45, 2.75) is 39.7 Å². The minimum Gasteiger partial charge on any atom is -0.467 e. The Bertz CT molecular complexity index is 408. The van der Waals surface area contributed by atoms with Gasteiger partial charge in [-0.2, -0.15) is 0 Å². The van der Waals surface area contributed by atoms with Crippen molar-refractivity contribution >= 4 is 12.1 Å². The Morgan fingerprint density at radius 2 is 1.76 bits per heavy atom. The summed E-state index contributed by atoms with van der Waals surface area (Å²) in [5.74, 6) is -0.447. The monoisotopic (exact) mass is 355 g/mol. The van der Waals surface area contributed by atoms with Crippen LogP contribution in [0.1, 0.15) is 33.6 Å². The molecule has 1 aliphatic rings. The quantitative estimate of drug-likeness (QED) is 0.447. The van der Waals surface area contributed by atoms with Gasteiger partial charge in [0.2, 0.25) is 0 Å². The highest BCUT2D eigenvalue weighted by molar-refractivity contribution is 5.81. The Morgan fingerprint density at radius 1 is 1.24 bits per heavy atom. The summed E-state index contributed by atoms with van der Waals surface area (Å²) in [5, 5.41) is 2.56. The highest BCUT2D eigenvalue weighted by Crippen LogP contribution is 2.19. The number of alkyl carbamates (subject to hydrolysis) is 1. The van der Waals surface area contributed by atoms with E-state index in [0.717, 1.165) is 5.57 Å².